The van der Waals surface area contributed by atoms with E-state index in [9.17, 15) is 0 Å². The molecule has 0 aromatic heterocycles. The highest BCUT2D eigenvalue weighted by Crippen LogP contribution is 2.44. The van der Waals surface area contributed by atoms with Crippen LogP contribution in [-0.2, 0) is 5.41 Å². The lowest BCUT2D eigenvalue weighted by Gasteiger charge is -2.37. The quantitative estimate of drug-likeness (QED) is 0.582. The minimum absolute atomic E-state index is 0.272. The molecule has 0 unspecified atom stereocenters. The Morgan fingerprint density at radius 2 is 1.69 bits per heavy atom. The van der Waals surface area contributed by atoms with Crippen molar-refractivity contribution in [3.8, 4) is 0 Å². The average molecular weight is 214 g/mol. The lowest BCUT2D eigenvalue weighted by Crippen LogP contribution is -2.26. The van der Waals surface area contributed by atoms with Gasteiger partial charge in [-0.1, -0.05) is 70.5 Å². The van der Waals surface area contributed by atoms with Crippen LogP contribution in [0.2, 0.25) is 0 Å². The van der Waals surface area contributed by atoms with Crippen LogP contribution >= 0.6 is 0 Å². The van der Waals surface area contributed by atoms with Gasteiger partial charge in [-0.15, -0.1) is 0 Å². The van der Waals surface area contributed by atoms with Crippen molar-refractivity contribution in [2.24, 2.45) is 5.41 Å². The molecule has 0 fully saturated rings. The summed E-state index contributed by atoms with van der Waals surface area (Å²) in [5.41, 5.74) is 5.02. The minimum atomic E-state index is 0.272. The Morgan fingerprint density at radius 1 is 1.06 bits per heavy atom. The molecule has 0 heteroatoms. The summed E-state index contributed by atoms with van der Waals surface area (Å²) in [4.78, 5) is 0. The van der Waals surface area contributed by atoms with Crippen molar-refractivity contribution in [1.82, 2.24) is 0 Å². The van der Waals surface area contributed by atoms with Crippen LogP contribution in [0.4, 0.5) is 0 Å². The summed E-state index contributed by atoms with van der Waals surface area (Å²) in [5, 5.41) is 0. The fourth-order valence-corrected chi connectivity index (χ4v) is 2.53. The molecule has 16 heavy (non-hydrogen) atoms. The Labute approximate surface area is 99.4 Å². The van der Waals surface area contributed by atoms with Gasteiger partial charge in [-0.2, -0.15) is 0 Å². The van der Waals surface area contributed by atoms with Crippen molar-refractivity contribution < 1.29 is 0 Å². The standard InChI is InChI=1S/C16H22/c1-15(2,3)13-10-12-8-6-7-9-14(12)16(4,5)11-13/h6-10H,11H2,1-5H3. The van der Waals surface area contributed by atoms with Crippen LogP contribution in [0.15, 0.2) is 29.8 Å². The lowest BCUT2D eigenvalue weighted by molar-refractivity contribution is 0.417. The maximum atomic E-state index is 2.39. The molecule has 0 atom stereocenters. The first-order valence-corrected chi connectivity index (χ1v) is 6.11. The largest absolute Gasteiger partial charge is 0.0634 e. The van der Waals surface area contributed by atoms with Gasteiger partial charge in [0, 0.05) is 0 Å². The van der Waals surface area contributed by atoms with Gasteiger partial charge in [-0.3, -0.25) is 0 Å². The van der Waals surface area contributed by atoms with Gasteiger partial charge >= 0.3 is 0 Å². The summed E-state index contributed by atoms with van der Waals surface area (Å²) in [6.07, 6.45) is 3.56. The zero-order chi connectivity index (χ0) is 12.0. The smallest absolute Gasteiger partial charge is 0.00602 e. The maximum absolute atomic E-state index is 2.39. The third-order valence-corrected chi connectivity index (χ3v) is 3.62. The van der Waals surface area contributed by atoms with E-state index in [1.807, 2.05) is 0 Å². The first kappa shape index (κ1) is 11.4. The number of rotatable bonds is 0. The molecule has 0 spiro atoms. The molecule has 0 saturated carbocycles. The molecule has 0 radical (unpaired) electrons. The van der Waals surface area contributed by atoms with Crippen LogP contribution in [0.5, 0.6) is 0 Å². The molecular weight excluding hydrogens is 192 g/mol. The average Bonchev–Trinajstić information content (AvgIpc) is 2.15. The van der Waals surface area contributed by atoms with E-state index in [0.717, 1.165) is 0 Å². The van der Waals surface area contributed by atoms with Gasteiger partial charge in [-0.05, 0) is 28.4 Å². The minimum Gasteiger partial charge on any atom is -0.0634 e. The Kier molecular flexibility index (Phi) is 2.49. The van der Waals surface area contributed by atoms with Crippen LogP contribution in [0, 0.1) is 5.41 Å². The van der Waals surface area contributed by atoms with Crippen LogP contribution in [0.3, 0.4) is 0 Å². The molecule has 1 aromatic carbocycles. The highest BCUT2D eigenvalue weighted by atomic mass is 14.4. The van der Waals surface area contributed by atoms with Crippen LogP contribution in [0.1, 0.15) is 52.2 Å². The molecule has 1 aliphatic rings. The van der Waals surface area contributed by atoms with E-state index in [0.29, 0.717) is 0 Å². The molecule has 0 nitrogen and oxygen atoms in total. The molecule has 0 saturated heterocycles. The maximum Gasteiger partial charge on any atom is -0.00602 e. The van der Waals surface area contributed by atoms with E-state index in [1.54, 1.807) is 5.57 Å². The summed E-state index contributed by atoms with van der Waals surface area (Å²) < 4.78 is 0. The van der Waals surface area contributed by atoms with E-state index in [-0.39, 0.29) is 10.8 Å². The normalized spacial score (nSPS) is 18.9. The summed E-state index contributed by atoms with van der Waals surface area (Å²) in [7, 11) is 0. The van der Waals surface area contributed by atoms with Crippen LogP contribution in [-0.4, -0.2) is 0 Å². The monoisotopic (exact) mass is 214 g/mol. The molecule has 86 valence electrons. The van der Waals surface area contributed by atoms with Gasteiger partial charge in [0.15, 0.2) is 0 Å². The van der Waals surface area contributed by atoms with Crippen molar-refractivity contribution >= 4 is 6.08 Å². The Balaban J connectivity index is 2.56. The molecule has 0 N–H and O–H groups in total. The van der Waals surface area contributed by atoms with Crippen molar-refractivity contribution in [3.05, 3.63) is 41.0 Å². The van der Waals surface area contributed by atoms with Gasteiger partial charge in [0.2, 0.25) is 0 Å². The fraction of sp³-hybridized carbons (Fsp3) is 0.500. The molecule has 0 heterocycles. The van der Waals surface area contributed by atoms with E-state index < -0.39 is 0 Å². The number of hydrogen-bond acceptors (Lipinski definition) is 0. The molecule has 0 amide bonds. The first-order valence-electron chi connectivity index (χ1n) is 6.11. The highest BCUT2D eigenvalue weighted by molar-refractivity contribution is 5.63. The van der Waals surface area contributed by atoms with Gasteiger partial charge in [-0.25, -0.2) is 0 Å². The number of allylic oxidation sites excluding steroid dienone is 1. The SMILES string of the molecule is CC(C)(C)C1=Cc2ccccc2C(C)(C)C1. The second kappa shape index (κ2) is 3.48. The Morgan fingerprint density at radius 3 is 2.31 bits per heavy atom. The van der Waals surface area contributed by atoms with Crippen molar-refractivity contribution in [3.63, 3.8) is 0 Å². The number of benzene rings is 1. The predicted octanol–water partition coefficient (Wildman–Crippen LogP) is 4.80. The molecule has 0 bridgehead atoms. The third kappa shape index (κ3) is 1.93. The third-order valence-electron chi connectivity index (χ3n) is 3.62. The molecule has 2 rings (SSSR count). The van der Waals surface area contributed by atoms with Crippen molar-refractivity contribution in [2.75, 3.05) is 0 Å². The Hall–Kier alpha value is -1.04. The van der Waals surface area contributed by atoms with Gasteiger partial charge in [0.05, 0.1) is 0 Å². The summed E-state index contributed by atoms with van der Waals surface area (Å²) in [6.45, 7) is 11.6. The van der Waals surface area contributed by atoms with Gasteiger partial charge in [0.1, 0.15) is 0 Å². The molecule has 1 aromatic rings. The second-order valence-corrected chi connectivity index (χ2v) is 6.57. The topological polar surface area (TPSA) is 0 Å². The Bertz CT molecular complexity index is 428. The molecular formula is C16H22. The number of fused-ring (bicyclic) bond motifs is 1. The van der Waals surface area contributed by atoms with Crippen molar-refractivity contribution in [1.29, 1.82) is 0 Å². The zero-order valence-corrected chi connectivity index (χ0v) is 11.1. The zero-order valence-electron chi connectivity index (χ0n) is 11.1. The number of hydrogen-bond donors (Lipinski definition) is 0. The summed E-state index contributed by atoms with van der Waals surface area (Å²) in [6, 6.07) is 8.79. The summed E-state index contributed by atoms with van der Waals surface area (Å²) >= 11 is 0. The predicted molar refractivity (Wildman–Crippen MR) is 71.5 cm³/mol. The van der Waals surface area contributed by atoms with Crippen LogP contribution in [0.25, 0.3) is 6.08 Å². The molecule has 1 aliphatic carbocycles. The van der Waals surface area contributed by atoms with Crippen molar-refractivity contribution in [2.45, 2.75) is 46.5 Å². The van der Waals surface area contributed by atoms with Gasteiger partial charge in [0.25, 0.3) is 0 Å². The lowest BCUT2D eigenvalue weighted by atomic mass is 9.67. The summed E-state index contributed by atoms with van der Waals surface area (Å²) in [5.74, 6) is 0. The van der Waals surface area contributed by atoms with E-state index in [4.69, 9.17) is 0 Å². The highest BCUT2D eigenvalue weighted by Gasteiger charge is 2.31. The van der Waals surface area contributed by atoms with E-state index in [2.05, 4.69) is 65.0 Å². The fourth-order valence-electron chi connectivity index (χ4n) is 2.53. The molecule has 0 aliphatic heterocycles. The van der Waals surface area contributed by atoms with E-state index in [1.165, 1.54) is 17.5 Å². The van der Waals surface area contributed by atoms with Gasteiger partial charge < -0.3 is 0 Å². The second-order valence-electron chi connectivity index (χ2n) is 6.57. The first-order chi connectivity index (χ1) is 7.31. The van der Waals surface area contributed by atoms with E-state index >= 15 is 0 Å². The van der Waals surface area contributed by atoms with Crippen LogP contribution < -0.4 is 0 Å².